The van der Waals surface area contributed by atoms with Gasteiger partial charge in [-0.05, 0) is 125 Å². The van der Waals surface area contributed by atoms with Gasteiger partial charge >= 0.3 is 0 Å². The van der Waals surface area contributed by atoms with Crippen LogP contribution in [0.25, 0.3) is 21.8 Å². The van der Waals surface area contributed by atoms with Gasteiger partial charge in [-0.2, -0.15) is 0 Å². The Balaban J connectivity index is 0.000000145. The molecule has 14 atom stereocenters. The molecule has 448 valence electrons. The van der Waals surface area contributed by atoms with Crippen LogP contribution in [0, 0.1) is 11.8 Å². The van der Waals surface area contributed by atoms with Crippen LogP contribution < -0.4 is 10.6 Å². The average molecular weight is 1170 g/mol. The normalized spacial score (nSPS) is 35.2. The van der Waals surface area contributed by atoms with Crippen LogP contribution in [0.2, 0.25) is 0 Å². The van der Waals surface area contributed by atoms with Crippen molar-refractivity contribution in [1.29, 1.82) is 0 Å². The van der Waals surface area contributed by atoms with E-state index in [-0.39, 0.29) is 72.2 Å². The van der Waals surface area contributed by atoms with E-state index in [1.54, 1.807) is 9.80 Å². The number of piperazine rings is 2. The third kappa shape index (κ3) is 8.36. The first-order valence-electron chi connectivity index (χ1n) is 30.8. The Morgan fingerprint density at radius 3 is 1.40 bits per heavy atom. The number of likely N-dealkylation sites (N-methyl/N-ethyl adjacent to an activating group) is 2. The number of likely N-dealkylation sites (tertiary alicyclic amines) is 2. The Hall–Kier alpha value is -7.46. The molecule has 20 nitrogen and oxygen atoms in total. The minimum atomic E-state index is -2.03. The van der Waals surface area contributed by atoms with Gasteiger partial charge in [0.1, 0.15) is 24.2 Å². The quantitative estimate of drug-likeness (QED) is 0.126. The number of nitrogens with one attached hydrogen (secondary N) is 4. The number of aromatic amines is 2. The second-order valence-corrected chi connectivity index (χ2v) is 26.4. The lowest BCUT2D eigenvalue weighted by molar-refractivity contribution is -0.315. The summed E-state index contributed by atoms with van der Waals surface area (Å²) in [4.78, 5) is 101. The topological polar surface area (TPSA) is 236 Å². The van der Waals surface area contributed by atoms with E-state index in [2.05, 4.69) is 93.3 Å². The lowest BCUT2D eigenvalue weighted by Gasteiger charge is -2.48. The molecule has 0 saturated carbocycles. The number of H-pyrrole nitrogens is 2. The third-order valence-corrected chi connectivity index (χ3v) is 21.2. The van der Waals surface area contributed by atoms with Crippen molar-refractivity contribution in [1.82, 2.24) is 50.0 Å². The SMILES string of the molecule is CN1CC(C(=O)NC2(C)OC3(O)C4CCCN4C(=O)C(Cc4ccccc4)N3C2=O)CC2c3cccc4[nH]cc(c34)CC21.CN1CC(C(=O)NC2(C)OC3(O)C4CCCN4C(=O)C(Cc4ccccc4)N3C2=O)CC2c3cccc4[nH]cc(c34)CC21. The van der Waals surface area contributed by atoms with Crippen molar-refractivity contribution in [2.45, 2.75) is 149 Å². The van der Waals surface area contributed by atoms with Crippen LogP contribution in [0.1, 0.15) is 97.6 Å². The average Bonchev–Trinajstić information content (AvgIpc) is 1.83. The van der Waals surface area contributed by atoms with E-state index >= 15 is 0 Å². The number of hydrogen-bond donors (Lipinski definition) is 6. The largest absolute Gasteiger partial charge is 0.361 e. The van der Waals surface area contributed by atoms with Crippen molar-refractivity contribution in [3.63, 3.8) is 0 Å². The summed E-state index contributed by atoms with van der Waals surface area (Å²) >= 11 is 0. The number of fused-ring (bicyclic) bond motifs is 10. The number of carbonyl (C=O) groups excluding carboxylic acids is 6. The first-order valence-corrected chi connectivity index (χ1v) is 30.8. The highest BCUT2D eigenvalue weighted by Crippen LogP contribution is 2.50. The molecule has 6 amide bonds. The molecule has 86 heavy (non-hydrogen) atoms. The first kappa shape index (κ1) is 55.1. The van der Waals surface area contributed by atoms with Gasteiger partial charge in [0.25, 0.3) is 23.6 Å². The number of hydrogen-bond acceptors (Lipinski definition) is 12. The van der Waals surface area contributed by atoms with Gasteiger partial charge in [-0.25, -0.2) is 0 Å². The van der Waals surface area contributed by atoms with E-state index in [9.17, 15) is 39.0 Å². The highest BCUT2D eigenvalue weighted by molar-refractivity contribution is 5.99. The molecule has 20 heteroatoms. The Labute approximate surface area is 498 Å². The summed E-state index contributed by atoms with van der Waals surface area (Å²) in [7, 11) is 4.12. The fraction of sp³-hybridized carbons (Fsp3) is 0.485. The Kier molecular flexibility index (Phi) is 12.9. The van der Waals surface area contributed by atoms with E-state index in [1.165, 1.54) is 56.7 Å². The maximum atomic E-state index is 14.2. The minimum absolute atomic E-state index is 0.171. The second-order valence-electron chi connectivity index (χ2n) is 26.4. The lowest BCUT2D eigenvalue weighted by atomic mass is 9.72. The van der Waals surface area contributed by atoms with Gasteiger partial charge in [0.05, 0.1) is 11.8 Å². The number of aliphatic hydroxyl groups is 2. The molecule has 8 aliphatic heterocycles. The first-order chi connectivity index (χ1) is 41.4. The molecule has 4 aromatic carbocycles. The van der Waals surface area contributed by atoms with Crippen LogP contribution in [0.4, 0.5) is 0 Å². The molecule has 6 N–H and O–H groups in total. The number of amides is 6. The zero-order valence-electron chi connectivity index (χ0n) is 48.9. The van der Waals surface area contributed by atoms with E-state index in [4.69, 9.17) is 9.47 Å². The van der Waals surface area contributed by atoms with Crippen LogP contribution in [0.3, 0.4) is 0 Å². The van der Waals surface area contributed by atoms with Gasteiger partial charge in [-0.15, -0.1) is 0 Å². The number of nitrogens with zero attached hydrogens (tertiary/aromatic N) is 6. The number of piperidine rings is 2. The monoisotopic (exact) mass is 1170 g/mol. The smallest absolute Gasteiger partial charge is 0.280 e. The molecule has 8 saturated heterocycles. The number of ether oxygens (including phenoxy) is 2. The Morgan fingerprint density at radius 2 is 0.988 bits per heavy atom. The minimum Gasteiger partial charge on any atom is -0.361 e. The second kappa shape index (κ2) is 20.0. The molecule has 2 aliphatic carbocycles. The van der Waals surface area contributed by atoms with Crippen molar-refractivity contribution < 1.29 is 48.5 Å². The van der Waals surface area contributed by atoms with Crippen LogP contribution >= 0.6 is 0 Å². The van der Waals surface area contributed by atoms with Crippen LogP contribution in [-0.2, 0) is 63.9 Å². The van der Waals surface area contributed by atoms with Crippen molar-refractivity contribution in [3.05, 3.63) is 143 Å². The molecule has 6 aromatic rings. The highest BCUT2D eigenvalue weighted by atomic mass is 16.7. The zero-order chi connectivity index (χ0) is 59.3. The summed E-state index contributed by atoms with van der Waals surface area (Å²) < 4.78 is 12.5. The van der Waals surface area contributed by atoms with Crippen molar-refractivity contribution >= 4 is 57.2 Å². The lowest BCUT2D eigenvalue weighted by Crippen LogP contribution is -2.71. The van der Waals surface area contributed by atoms with Crippen molar-refractivity contribution in [2.24, 2.45) is 11.8 Å². The van der Waals surface area contributed by atoms with Gasteiger partial charge in [-0.1, -0.05) is 84.9 Å². The molecule has 14 unspecified atom stereocenters. The van der Waals surface area contributed by atoms with Gasteiger partial charge in [0, 0.05) is 97.1 Å². The van der Waals surface area contributed by atoms with E-state index in [0.717, 1.165) is 35.0 Å². The molecule has 0 bridgehead atoms. The molecule has 8 fully saturated rings. The molecular weight excluding hydrogens is 1090 g/mol. The van der Waals surface area contributed by atoms with Crippen molar-refractivity contribution in [2.75, 3.05) is 40.3 Å². The standard InChI is InChI=1S/2C33H37N5O5/c2*1-32(35-29(39)21-15-23-22-10-6-11-24-28(22)20(17-34-24)16-25(23)36(2)18-21)31(41)38-26(14-19-8-4-3-5-9-19)30(40)37-13-7-12-27(37)33(38,42)43-32/h2*3-6,8-11,17,21,23,25-27,34,42H,7,12-16,18H2,1-2H3,(H,35,39). The van der Waals surface area contributed by atoms with Crippen LogP contribution in [0.5, 0.6) is 0 Å². The molecule has 10 aliphatic rings. The summed E-state index contributed by atoms with van der Waals surface area (Å²) in [6, 6.07) is 28.9. The number of carbonyl (C=O) groups is 6. The predicted octanol–water partition coefficient (Wildman–Crippen LogP) is 4.16. The zero-order valence-corrected chi connectivity index (χ0v) is 48.9. The number of rotatable bonds is 8. The van der Waals surface area contributed by atoms with E-state index in [1.807, 2.05) is 60.7 Å². The fourth-order valence-electron chi connectivity index (χ4n) is 17.3. The Bertz CT molecular complexity index is 3520. The Morgan fingerprint density at radius 1 is 0.581 bits per heavy atom. The number of benzene rings is 4. The van der Waals surface area contributed by atoms with E-state index in [0.29, 0.717) is 64.7 Å². The maximum Gasteiger partial charge on any atom is 0.280 e. The molecule has 10 heterocycles. The summed E-state index contributed by atoms with van der Waals surface area (Å²) in [6.45, 7) is 5.11. The third-order valence-electron chi connectivity index (χ3n) is 21.2. The summed E-state index contributed by atoms with van der Waals surface area (Å²) in [5, 5.41) is 32.5. The summed E-state index contributed by atoms with van der Waals surface area (Å²) in [5.41, 5.74) is 5.48. The molecule has 16 rings (SSSR count). The van der Waals surface area contributed by atoms with E-state index < -0.39 is 59.3 Å². The molecule has 0 spiro atoms. The van der Waals surface area contributed by atoms with Gasteiger partial charge in [0.2, 0.25) is 35.1 Å². The van der Waals surface area contributed by atoms with Crippen LogP contribution in [0.15, 0.2) is 109 Å². The maximum absolute atomic E-state index is 14.2. The predicted molar refractivity (Wildman–Crippen MR) is 315 cm³/mol. The molecule has 0 radical (unpaired) electrons. The van der Waals surface area contributed by atoms with Gasteiger partial charge in [0.15, 0.2) is 0 Å². The number of aromatic nitrogens is 2. The molecular formula is C66H74N10O10. The highest BCUT2D eigenvalue weighted by Gasteiger charge is 2.72. The summed E-state index contributed by atoms with van der Waals surface area (Å²) in [6.07, 6.45) is 10.3. The van der Waals surface area contributed by atoms with Crippen LogP contribution in [-0.4, -0.2) is 185 Å². The molecule has 2 aromatic heterocycles. The van der Waals surface area contributed by atoms with Crippen molar-refractivity contribution in [3.8, 4) is 0 Å². The van der Waals surface area contributed by atoms with Gasteiger partial charge < -0.3 is 50.4 Å². The van der Waals surface area contributed by atoms with Gasteiger partial charge in [-0.3, -0.25) is 48.0 Å². The fourth-order valence-corrected chi connectivity index (χ4v) is 17.3. The summed E-state index contributed by atoms with van der Waals surface area (Å²) in [5.74, 6) is -6.62.